The van der Waals surface area contributed by atoms with E-state index in [2.05, 4.69) is 12.2 Å². The SMILES string of the molecule is CCSCCCNC. The molecule has 50 valence electrons. The van der Waals surface area contributed by atoms with Gasteiger partial charge in [0.25, 0.3) is 0 Å². The molecule has 0 saturated carbocycles. The Hall–Kier alpha value is 0.310. The van der Waals surface area contributed by atoms with Gasteiger partial charge in [0.15, 0.2) is 0 Å². The Labute approximate surface area is 56.2 Å². The second-order valence-electron chi connectivity index (χ2n) is 1.65. The number of rotatable bonds is 5. The van der Waals surface area contributed by atoms with E-state index in [0.717, 1.165) is 6.54 Å². The zero-order chi connectivity index (χ0) is 6.24. The van der Waals surface area contributed by atoms with Crippen molar-refractivity contribution in [2.45, 2.75) is 13.3 Å². The highest BCUT2D eigenvalue weighted by molar-refractivity contribution is 7.99. The Morgan fingerprint density at radius 2 is 2.25 bits per heavy atom. The van der Waals surface area contributed by atoms with Crippen LogP contribution in [0.25, 0.3) is 0 Å². The fraction of sp³-hybridized carbons (Fsp3) is 1.00. The quantitative estimate of drug-likeness (QED) is 0.568. The highest BCUT2D eigenvalue weighted by atomic mass is 32.2. The van der Waals surface area contributed by atoms with E-state index >= 15 is 0 Å². The van der Waals surface area contributed by atoms with Gasteiger partial charge in [0.2, 0.25) is 0 Å². The number of nitrogens with one attached hydrogen (secondary N) is 1. The molecule has 0 bridgehead atoms. The maximum absolute atomic E-state index is 3.11. The van der Waals surface area contributed by atoms with E-state index < -0.39 is 0 Å². The molecular formula is C6H15NS. The lowest BCUT2D eigenvalue weighted by atomic mass is 10.5. The van der Waals surface area contributed by atoms with E-state index in [9.17, 15) is 0 Å². The molecule has 0 aromatic rings. The lowest BCUT2D eigenvalue weighted by Crippen LogP contribution is -2.07. The van der Waals surface area contributed by atoms with Gasteiger partial charge in [0, 0.05) is 0 Å². The van der Waals surface area contributed by atoms with Crippen LogP contribution in [0.15, 0.2) is 0 Å². The van der Waals surface area contributed by atoms with Gasteiger partial charge in [0.1, 0.15) is 0 Å². The second kappa shape index (κ2) is 7.31. The molecule has 0 spiro atoms. The molecule has 0 amide bonds. The Balaban J connectivity index is 2.53. The highest BCUT2D eigenvalue weighted by Gasteiger charge is 1.82. The predicted molar refractivity (Wildman–Crippen MR) is 41.5 cm³/mol. The molecule has 0 aliphatic carbocycles. The second-order valence-corrected chi connectivity index (χ2v) is 3.05. The molecule has 1 N–H and O–H groups in total. The maximum atomic E-state index is 3.11. The monoisotopic (exact) mass is 133 g/mol. The lowest BCUT2D eigenvalue weighted by Gasteiger charge is -1.95. The van der Waals surface area contributed by atoms with Crippen LogP contribution >= 0.6 is 11.8 Å². The van der Waals surface area contributed by atoms with Crippen LogP contribution in [0.1, 0.15) is 13.3 Å². The Morgan fingerprint density at radius 3 is 2.75 bits per heavy atom. The minimum absolute atomic E-state index is 1.16. The van der Waals surface area contributed by atoms with Gasteiger partial charge < -0.3 is 5.32 Å². The van der Waals surface area contributed by atoms with Gasteiger partial charge in [-0.3, -0.25) is 0 Å². The van der Waals surface area contributed by atoms with Gasteiger partial charge in [-0.2, -0.15) is 11.8 Å². The van der Waals surface area contributed by atoms with Crippen LogP contribution in [-0.4, -0.2) is 25.1 Å². The number of thioether (sulfide) groups is 1. The first kappa shape index (κ1) is 8.31. The fourth-order valence-electron chi connectivity index (χ4n) is 0.495. The summed E-state index contributed by atoms with van der Waals surface area (Å²) in [6, 6.07) is 0. The van der Waals surface area contributed by atoms with E-state index in [1.54, 1.807) is 0 Å². The maximum Gasteiger partial charge on any atom is -0.00441 e. The molecule has 1 nitrogen and oxygen atoms in total. The van der Waals surface area contributed by atoms with Crippen molar-refractivity contribution in [1.82, 2.24) is 5.32 Å². The molecule has 0 rings (SSSR count). The van der Waals surface area contributed by atoms with Crippen molar-refractivity contribution in [3.63, 3.8) is 0 Å². The highest BCUT2D eigenvalue weighted by Crippen LogP contribution is 1.98. The van der Waals surface area contributed by atoms with E-state index in [0.29, 0.717) is 0 Å². The molecular weight excluding hydrogens is 118 g/mol. The number of hydrogen-bond donors (Lipinski definition) is 1. The first-order valence-electron chi connectivity index (χ1n) is 3.14. The first-order valence-corrected chi connectivity index (χ1v) is 4.29. The average molecular weight is 133 g/mol. The summed E-state index contributed by atoms with van der Waals surface area (Å²) in [7, 11) is 2.00. The summed E-state index contributed by atoms with van der Waals surface area (Å²) >= 11 is 2.01. The first-order chi connectivity index (χ1) is 3.91. The minimum atomic E-state index is 1.16. The number of hydrogen-bond acceptors (Lipinski definition) is 2. The van der Waals surface area contributed by atoms with Gasteiger partial charge >= 0.3 is 0 Å². The summed E-state index contributed by atoms with van der Waals surface area (Å²) in [4.78, 5) is 0. The molecule has 0 heterocycles. The summed E-state index contributed by atoms with van der Waals surface area (Å²) in [5.41, 5.74) is 0. The topological polar surface area (TPSA) is 12.0 Å². The fourth-order valence-corrected chi connectivity index (χ4v) is 1.13. The summed E-state index contributed by atoms with van der Waals surface area (Å²) in [6.45, 7) is 3.36. The van der Waals surface area contributed by atoms with Crippen LogP contribution in [0.5, 0.6) is 0 Å². The predicted octanol–water partition coefficient (Wildman–Crippen LogP) is 1.35. The van der Waals surface area contributed by atoms with Crippen LogP contribution in [-0.2, 0) is 0 Å². The molecule has 0 saturated heterocycles. The van der Waals surface area contributed by atoms with Crippen molar-refractivity contribution in [3.8, 4) is 0 Å². The summed E-state index contributed by atoms with van der Waals surface area (Å²) in [5.74, 6) is 2.56. The van der Waals surface area contributed by atoms with Crippen molar-refractivity contribution < 1.29 is 0 Å². The van der Waals surface area contributed by atoms with E-state index in [-0.39, 0.29) is 0 Å². The van der Waals surface area contributed by atoms with Crippen molar-refractivity contribution in [2.75, 3.05) is 25.1 Å². The van der Waals surface area contributed by atoms with E-state index in [1.807, 2.05) is 18.8 Å². The standard InChI is InChI=1S/C6H15NS/c1-3-8-6-4-5-7-2/h7H,3-6H2,1-2H3. The average Bonchev–Trinajstić information content (AvgIpc) is 1.81. The van der Waals surface area contributed by atoms with Crippen LogP contribution in [0.4, 0.5) is 0 Å². The van der Waals surface area contributed by atoms with Gasteiger partial charge in [-0.25, -0.2) is 0 Å². The third-order valence-corrected chi connectivity index (χ3v) is 1.91. The molecule has 2 heteroatoms. The third kappa shape index (κ3) is 6.31. The molecule has 0 unspecified atom stereocenters. The zero-order valence-electron chi connectivity index (χ0n) is 5.74. The molecule has 0 aliphatic rings. The van der Waals surface area contributed by atoms with Crippen molar-refractivity contribution in [3.05, 3.63) is 0 Å². The minimum Gasteiger partial charge on any atom is -0.320 e. The molecule has 0 aromatic heterocycles. The van der Waals surface area contributed by atoms with Crippen molar-refractivity contribution >= 4 is 11.8 Å². The van der Waals surface area contributed by atoms with Crippen LogP contribution in [0.3, 0.4) is 0 Å². The van der Waals surface area contributed by atoms with E-state index in [1.165, 1.54) is 17.9 Å². The lowest BCUT2D eigenvalue weighted by molar-refractivity contribution is 0.778. The third-order valence-electron chi connectivity index (χ3n) is 0.920. The normalized spacial score (nSPS) is 9.75. The molecule has 0 aliphatic heterocycles. The van der Waals surface area contributed by atoms with Gasteiger partial charge in [-0.1, -0.05) is 6.92 Å². The Morgan fingerprint density at radius 1 is 1.50 bits per heavy atom. The van der Waals surface area contributed by atoms with Crippen LogP contribution in [0.2, 0.25) is 0 Å². The van der Waals surface area contributed by atoms with E-state index in [4.69, 9.17) is 0 Å². The van der Waals surface area contributed by atoms with Crippen molar-refractivity contribution in [1.29, 1.82) is 0 Å². The molecule has 0 atom stereocenters. The van der Waals surface area contributed by atoms with Gasteiger partial charge in [-0.15, -0.1) is 0 Å². The molecule has 8 heavy (non-hydrogen) atoms. The molecule has 0 aromatic carbocycles. The van der Waals surface area contributed by atoms with Crippen LogP contribution < -0.4 is 5.32 Å². The smallest absolute Gasteiger partial charge is 0.00441 e. The Bertz CT molecular complexity index is 33.5. The Kier molecular flexibility index (Phi) is 7.59. The largest absolute Gasteiger partial charge is 0.320 e. The summed E-state index contributed by atoms with van der Waals surface area (Å²) in [5, 5.41) is 3.11. The summed E-state index contributed by atoms with van der Waals surface area (Å²) in [6.07, 6.45) is 1.30. The van der Waals surface area contributed by atoms with Gasteiger partial charge in [-0.05, 0) is 31.5 Å². The zero-order valence-corrected chi connectivity index (χ0v) is 6.55. The molecule has 0 radical (unpaired) electrons. The molecule has 0 fully saturated rings. The van der Waals surface area contributed by atoms with Gasteiger partial charge in [0.05, 0.1) is 0 Å². The summed E-state index contributed by atoms with van der Waals surface area (Å²) < 4.78 is 0. The van der Waals surface area contributed by atoms with Crippen LogP contribution in [0, 0.1) is 0 Å². The van der Waals surface area contributed by atoms with Crippen molar-refractivity contribution in [2.24, 2.45) is 0 Å².